The van der Waals surface area contributed by atoms with E-state index in [2.05, 4.69) is 52.0 Å². The van der Waals surface area contributed by atoms with E-state index < -0.39 is 0 Å². The number of piperidine rings is 1. The highest BCUT2D eigenvalue weighted by Crippen LogP contribution is 2.27. The van der Waals surface area contributed by atoms with Gasteiger partial charge in [0, 0.05) is 30.2 Å². The zero-order chi connectivity index (χ0) is 15.3. The summed E-state index contributed by atoms with van der Waals surface area (Å²) < 4.78 is 6.47. The number of benzene rings is 1. The van der Waals surface area contributed by atoms with Gasteiger partial charge in [-0.05, 0) is 56.3 Å². The highest BCUT2D eigenvalue weighted by Gasteiger charge is 2.34. The second-order valence-electron chi connectivity index (χ2n) is 6.41. The third kappa shape index (κ3) is 4.52. The fourth-order valence-electron chi connectivity index (χ4n) is 3.28. The van der Waals surface area contributed by atoms with Crippen molar-refractivity contribution in [3.63, 3.8) is 0 Å². The molecule has 2 atom stereocenters. The molecule has 0 aromatic heterocycles. The van der Waals surface area contributed by atoms with Crippen LogP contribution in [0.3, 0.4) is 0 Å². The topological polar surface area (TPSA) is 38.5 Å². The Kier molecular flexibility index (Phi) is 6.23. The maximum absolute atomic E-state index is 6.15. The first-order valence-electron chi connectivity index (χ1n) is 7.76. The van der Waals surface area contributed by atoms with E-state index in [-0.39, 0.29) is 5.54 Å². The Labute approximate surface area is 137 Å². The Morgan fingerprint density at radius 2 is 2.10 bits per heavy atom. The van der Waals surface area contributed by atoms with E-state index in [1.165, 1.54) is 18.4 Å². The number of ether oxygens (including phenoxy) is 1. The van der Waals surface area contributed by atoms with Crippen LogP contribution in [0.25, 0.3) is 0 Å². The van der Waals surface area contributed by atoms with Crippen molar-refractivity contribution in [3.05, 3.63) is 34.3 Å². The number of methoxy groups -OCH3 is 1. The molecule has 1 fully saturated rings. The Bertz CT molecular complexity index is 435. The largest absolute Gasteiger partial charge is 0.384 e. The van der Waals surface area contributed by atoms with Crippen LogP contribution >= 0.6 is 15.9 Å². The zero-order valence-corrected chi connectivity index (χ0v) is 14.7. The van der Waals surface area contributed by atoms with Crippen LogP contribution in [0.5, 0.6) is 0 Å². The minimum absolute atomic E-state index is 0.0280. The lowest BCUT2D eigenvalue weighted by molar-refractivity contribution is 0.0308. The molecule has 1 aliphatic rings. The molecule has 4 heteroatoms. The number of nitrogens with two attached hydrogens (primary N) is 1. The summed E-state index contributed by atoms with van der Waals surface area (Å²) in [5.74, 6) is 0.638. The van der Waals surface area contributed by atoms with Gasteiger partial charge in [0.05, 0.1) is 6.61 Å². The van der Waals surface area contributed by atoms with E-state index in [4.69, 9.17) is 10.5 Å². The van der Waals surface area contributed by atoms with Crippen LogP contribution in [-0.4, -0.2) is 43.8 Å². The summed E-state index contributed by atoms with van der Waals surface area (Å²) in [7, 11) is 1.79. The normalized spacial score (nSPS) is 23.0. The highest BCUT2D eigenvalue weighted by atomic mass is 79.9. The van der Waals surface area contributed by atoms with Crippen LogP contribution < -0.4 is 5.73 Å². The summed E-state index contributed by atoms with van der Waals surface area (Å²) in [4.78, 5) is 2.57. The van der Waals surface area contributed by atoms with Gasteiger partial charge in [0.2, 0.25) is 0 Å². The van der Waals surface area contributed by atoms with Crippen molar-refractivity contribution in [2.24, 2.45) is 11.7 Å². The molecule has 0 aliphatic carbocycles. The van der Waals surface area contributed by atoms with Gasteiger partial charge < -0.3 is 10.5 Å². The summed E-state index contributed by atoms with van der Waals surface area (Å²) in [6, 6.07) is 8.59. The summed E-state index contributed by atoms with van der Waals surface area (Å²) in [5.41, 5.74) is 7.53. The second-order valence-corrected chi connectivity index (χ2v) is 7.33. The first-order chi connectivity index (χ1) is 10.1. The molecule has 0 spiro atoms. The van der Waals surface area contributed by atoms with E-state index in [1.54, 1.807) is 7.11 Å². The third-order valence-corrected chi connectivity index (χ3v) is 5.15. The number of likely N-dealkylation sites (tertiary alicyclic amines) is 1. The van der Waals surface area contributed by atoms with Gasteiger partial charge in [-0.25, -0.2) is 0 Å². The first kappa shape index (κ1) is 16.9. The fourth-order valence-corrected chi connectivity index (χ4v) is 3.55. The third-order valence-electron chi connectivity index (χ3n) is 4.62. The average molecular weight is 355 g/mol. The van der Waals surface area contributed by atoms with Gasteiger partial charge in [-0.1, -0.05) is 28.1 Å². The molecule has 2 unspecified atom stereocenters. The molecule has 1 saturated heterocycles. The summed E-state index contributed by atoms with van der Waals surface area (Å²) in [6.07, 6.45) is 3.50. The molecule has 3 nitrogen and oxygen atoms in total. The van der Waals surface area contributed by atoms with E-state index in [0.29, 0.717) is 12.5 Å². The van der Waals surface area contributed by atoms with Crippen molar-refractivity contribution >= 4 is 15.9 Å². The quantitative estimate of drug-likeness (QED) is 0.852. The number of hydrogen-bond donors (Lipinski definition) is 1. The van der Waals surface area contributed by atoms with Crippen LogP contribution in [0.2, 0.25) is 0 Å². The van der Waals surface area contributed by atoms with Gasteiger partial charge in [0.15, 0.2) is 0 Å². The van der Waals surface area contributed by atoms with Crippen LogP contribution in [0.4, 0.5) is 0 Å². The molecule has 1 heterocycles. The van der Waals surface area contributed by atoms with Crippen LogP contribution in [0.15, 0.2) is 28.7 Å². The van der Waals surface area contributed by atoms with Gasteiger partial charge in [-0.15, -0.1) is 0 Å². The molecule has 0 radical (unpaired) electrons. The van der Waals surface area contributed by atoms with Crippen molar-refractivity contribution in [2.45, 2.75) is 31.7 Å². The van der Waals surface area contributed by atoms with Crippen molar-refractivity contribution in [2.75, 3.05) is 33.4 Å². The number of halogens is 1. The molecule has 1 aromatic carbocycles. The lowest BCUT2D eigenvalue weighted by atomic mass is 9.87. The SMILES string of the molecule is COCC1CCCN(C(C)(CN)Cc2ccc(Br)cc2)C1. The van der Waals surface area contributed by atoms with E-state index in [1.807, 2.05) is 0 Å². The van der Waals surface area contributed by atoms with Gasteiger partial charge >= 0.3 is 0 Å². The summed E-state index contributed by atoms with van der Waals surface area (Å²) in [6.45, 7) is 6.07. The van der Waals surface area contributed by atoms with Crippen LogP contribution in [-0.2, 0) is 11.2 Å². The first-order valence-corrected chi connectivity index (χ1v) is 8.55. The van der Waals surface area contributed by atoms with Crippen LogP contribution in [0, 0.1) is 5.92 Å². The molecular formula is C17H27BrN2O. The minimum atomic E-state index is 0.0280. The van der Waals surface area contributed by atoms with Crippen molar-refractivity contribution < 1.29 is 4.74 Å². The Morgan fingerprint density at radius 3 is 2.71 bits per heavy atom. The van der Waals surface area contributed by atoms with Crippen molar-refractivity contribution in [1.82, 2.24) is 4.90 Å². The van der Waals surface area contributed by atoms with E-state index in [0.717, 1.165) is 30.6 Å². The van der Waals surface area contributed by atoms with Gasteiger partial charge in [0.25, 0.3) is 0 Å². The predicted molar refractivity (Wildman–Crippen MR) is 91.5 cm³/mol. The molecule has 0 saturated carbocycles. The molecule has 1 aromatic rings. The van der Waals surface area contributed by atoms with Crippen molar-refractivity contribution in [1.29, 1.82) is 0 Å². The van der Waals surface area contributed by atoms with Crippen molar-refractivity contribution in [3.8, 4) is 0 Å². The maximum Gasteiger partial charge on any atom is 0.0502 e. The Hall–Kier alpha value is -0.420. The molecule has 118 valence electrons. The second kappa shape index (κ2) is 7.73. The molecule has 0 amide bonds. The fraction of sp³-hybridized carbons (Fsp3) is 0.647. The van der Waals surface area contributed by atoms with Crippen LogP contribution in [0.1, 0.15) is 25.3 Å². The maximum atomic E-state index is 6.15. The average Bonchev–Trinajstić information content (AvgIpc) is 2.50. The van der Waals surface area contributed by atoms with E-state index in [9.17, 15) is 0 Å². The lowest BCUT2D eigenvalue weighted by Crippen LogP contribution is -2.56. The molecule has 21 heavy (non-hydrogen) atoms. The smallest absolute Gasteiger partial charge is 0.0502 e. The highest BCUT2D eigenvalue weighted by molar-refractivity contribution is 9.10. The zero-order valence-electron chi connectivity index (χ0n) is 13.1. The Balaban J connectivity index is 2.06. The van der Waals surface area contributed by atoms with Gasteiger partial charge in [-0.2, -0.15) is 0 Å². The predicted octanol–water partition coefficient (Wildman–Crippen LogP) is 3.07. The number of hydrogen-bond acceptors (Lipinski definition) is 3. The van der Waals surface area contributed by atoms with Gasteiger partial charge in [0.1, 0.15) is 0 Å². The summed E-state index contributed by atoms with van der Waals surface area (Å²) >= 11 is 3.49. The van der Waals surface area contributed by atoms with Gasteiger partial charge in [-0.3, -0.25) is 4.90 Å². The molecular weight excluding hydrogens is 328 g/mol. The molecule has 2 N–H and O–H groups in total. The molecule has 0 bridgehead atoms. The number of rotatable bonds is 6. The monoisotopic (exact) mass is 354 g/mol. The minimum Gasteiger partial charge on any atom is -0.384 e. The summed E-state index contributed by atoms with van der Waals surface area (Å²) in [5, 5.41) is 0. The Morgan fingerprint density at radius 1 is 1.38 bits per heavy atom. The van der Waals surface area contributed by atoms with E-state index >= 15 is 0 Å². The molecule has 1 aliphatic heterocycles. The standard InChI is InChI=1S/C17H27BrN2O/c1-17(13-19,10-14-5-7-16(18)8-6-14)20-9-3-4-15(11-20)12-21-2/h5-8,15H,3-4,9-13,19H2,1-2H3. The molecule has 2 rings (SSSR count). The number of nitrogens with zero attached hydrogens (tertiary/aromatic N) is 1. The lowest BCUT2D eigenvalue weighted by Gasteiger charge is -2.45.